The Morgan fingerprint density at radius 2 is 1.31 bits per heavy atom. The minimum atomic E-state index is 0.00231. The average Bonchev–Trinajstić information content (AvgIpc) is 2.04. The molecule has 0 saturated carbocycles. The molecule has 2 nitrogen and oxygen atoms in total. The lowest BCUT2D eigenvalue weighted by Gasteiger charge is -2.02. The third kappa shape index (κ3) is 1.71. The Morgan fingerprint density at radius 1 is 0.923 bits per heavy atom. The van der Waals surface area contributed by atoms with E-state index in [4.69, 9.17) is 45.3 Å². The third-order valence-corrected chi connectivity index (χ3v) is 2.37. The van der Waals surface area contributed by atoms with Gasteiger partial charge in [-0.3, -0.25) is 0 Å². The summed E-state index contributed by atoms with van der Waals surface area (Å²) in [6, 6.07) is 4.91. The van der Waals surface area contributed by atoms with Gasteiger partial charge in [0.05, 0.1) is 26.2 Å². The minimum absolute atomic E-state index is 0.00231. The maximum absolute atomic E-state index is 8.64. The van der Waals surface area contributed by atoms with Crippen molar-refractivity contribution < 1.29 is 0 Å². The van der Waals surface area contributed by atoms with Crippen molar-refractivity contribution in [2.45, 2.75) is 0 Å². The largest absolute Gasteiger partial charge is 0.192 e. The third-order valence-electron chi connectivity index (χ3n) is 1.39. The van der Waals surface area contributed by atoms with Gasteiger partial charge in [-0.05, 0) is 6.07 Å². The smallest absolute Gasteiger partial charge is 0.102 e. The van der Waals surface area contributed by atoms with Crippen LogP contribution in [0.3, 0.4) is 0 Å². The van der Waals surface area contributed by atoms with Crippen LogP contribution in [-0.4, -0.2) is 0 Å². The Balaban J connectivity index is 3.63. The van der Waals surface area contributed by atoms with E-state index in [1.165, 1.54) is 6.07 Å². The monoisotopic (exact) mass is 230 g/mol. The highest BCUT2D eigenvalue weighted by Gasteiger charge is 2.14. The lowest BCUT2D eigenvalue weighted by atomic mass is 10.1. The fraction of sp³-hybridized carbons (Fsp3) is 0. The number of halogens is 3. The summed E-state index contributed by atoms with van der Waals surface area (Å²) in [4.78, 5) is 0. The molecule has 0 amide bonds. The zero-order chi connectivity index (χ0) is 10.0. The van der Waals surface area contributed by atoms with Crippen LogP contribution in [0.1, 0.15) is 11.1 Å². The van der Waals surface area contributed by atoms with Crippen molar-refractivity contribution in [2.75, 3.05) is 0 Å². The van der Waals surface area contributed by atoms with Crippen molar-refractivity contribution in [1.82, 2.24) is 0 Å². The lowest BCUT2D eigenvalue weighted by molar-refractivity contribution is 1.45. The SMILES string of the molecule is N#Cc1c(Cl)cc(Cl)c(C#N)c1Cl. The van der Waals surface area contributed by atoms with Crippen LogP contribution in [0.4, 0.5) is 0 Å². The Labute approximate surface area is 89.9 Å². The van der Waals surface area contributed by atoms with Gasteiger partial charge in [-0.25, -0.2) is 0 Å². The number of benzene rings is 1. The second-order valence-electron chi connectivity index (χ2n) is 2.13. The summed E-state index contributed by atoms with van der Waals surface area (Å²) in [5.41, 5.74) is 0.147. The maximum atomic E-state index is 8.64. The van der Waals surface area contributed by atoms with Crippen molar-refractivity contribution in [2.24, 2.45) is 0 Å². The van der Waals surface area contributed by atoms with Gasteiger partial charge in [-0.1, -0.05) is 34.8 Å². The number of nitriles is 2. The van der Waals surface area contributed by atoms with Crippen molar-refractivity contribution in [3.63, 3.8) is 0 Å². The summed E-state index contributed by atoms with van der Waals surface area (Å²) < 4.78 is 0. The lowest BCUT2D eigenvalue weighted by Crippen LogP contribution is -1.86. The average molecular weight is 231 g/mol. The maximum Gasteiger partial charge on any atom is 0.102 e. The van der Waals surface area contributed by atoms with Crippen LogP contribution in [0, 0.1) is 22.7 Å². The number of nitrogens with zero attached hydrogens (tertiary/aromatic N) is 2. The van der Waals surface area contributed by atoms with Gasteiger partial charge in [-0.15, -0.1) is 0 Å². The topological polar surface area (TPSA) is 47.6 Å². The predicted molar refractivity (Wildman–Crippen MR) is 50.9 cm³/mol. The first-order valence-corrected chi connectivity index (χ1v) is 4.23. The summed E-state index contributed by atoms with van der Waals surface area (Å²) in [6.07, 6.45) is 0. The molecule has 0 saturated heterocycles. The molecule has 13 heavy (non-hydrogen) atoms. The van der Waals surface area contributed by atoms with E-state index in [0.29, 0.717) is 0 Å². The predicted octanol–water partition coefficient (Wildman–Crippen LogP) is 3.39. The molecule has 0 N–H and O–H groups in total. The number of hydrogen-bond acceptors (Lipinski definition) is 2. The summed E-state index contributed by atoms with van der Waals surface area (Å²) in [5.74, 6) is 0. The van der Waals surface area contributed by atoms with E-state index in [9.17, 15) is 0 Å². The van der Waals surface area contributed by atoms with E-state index in [2.05, 4.69) is 0 Å². The molecule has 1 aromatic rings. The summed E-state index contributed by atoms with van der Waals surface area (Å²) >= 11 is 17.0. The van der Waals surface area contributed by atoms with E-state index in [1.807, 2.05) is 0 Å². The van der Waals surface area contributed by atoms with Crippen LogP contribution in [0.15, 0.2) is 6.07 Å². The highest BCUT2D eigenvalue weighted by atomic mass is 35.5. The van der Waals surface area contributed by atoms with E-state index in [0.717, 1.165) is 0 Å². The van der Waals surface area contributed by atoms with Gasteiger partial charge in [-0.2, -0.15) is 10.5 Å². The van der Waals surface area contributed by atoms with Crippen molar-refractivity contribution >= 4 is 34.8 Å². The summed E-state index contributed by atoms with van der Waals surface area (Å²) in [6.45, 7) is 0. The van der Waals surface area contributed by atoms with Crippen LogP contribution in [0.2, 0.25) is 15.1 Å². The Bertz CT molecular complexity index is 402. The molecule has 0 radical (unpaired) electrons. The van der Waals surface area contributed by atoms with E-state index >= 15 is 0 Å². The zero-order valence-corrected chi connectivity index (χ0v) is 8.37. The normalized spacial score (nSPS) is 9.00. The Hall–Kier alpha value is -0.930. The second-order valence-corrected chi connectivity index (χ2v) is 3.32. The molecule has 5 heteroatoms. The highest BCUT2D eigenvalue weighted by molar-refractivity contribution is 6.41. The molecule has 0 aliphatic rings. The quantitative estimate of drug-likeness (QED) is 0.687. The number of hydrogen-bond donors (Lipinski definition) is 0. The molecule has 0 aliphatic carbocycles. The summed E-state index contributed by atoms with van der Waals surface area (Å²) in [7, 11) is 0. The van der Waals surface area contributed by atoms with Gasteiger partial charge in [0.15, 0.2) is 0 Å². The Kier molecular flexibility index (Phi) is 3.01. The molecule has 0 atom stereocenters. The van der Waals surface area contributed by atoms with Crippen molar-refractivity contribution in [1.29, 1.82) is 10.5 Å². The molecule has 64 valence electrons. The first kappa shape index (κ1) is 10.2. The molecule has 0 aromatic heterocycles. The van der Waals surface area contributed by atoms with Crippen LogP contribution in [0.5, 0.6) is 0 Å². The molecule has 1 aromatic carbocycles. The summed E-state index contributed by atoms with van der Waals surface area (Å²) in [5, 5.41) is 17.6. The van der Waals surface area contributed by atoms with E-state index in [-0.39, 0.29) is 26.2 Å². The van der Waals surface area contributed by atoms with Gasteiger partial charge in [0.25, 0.3) is 0 Å². The molecule has 0 fully saturated rings. The van der Waals surface area contributed by atoms with Crippen molar-refractivity contribution in [3.8, 4) is 12.1 Å². The van der Waals surface area contributed by atoms with Crippen molar-refractivity contribution in [3.05, 3.63) is 32.3 Å². The van der Waals surface area contributed by atoms with Gasteiger partial charge >= 0.3 is 0 Å². The van der Waals surface area contributed by atoms with E-state index in [1.54, 1.807) is 12.1 Å². The van der Waals surface area contributed by atoms with Crippen LogP contribution >= 0.6 is 34.8 Å². The van der Waals surface area contributed by atoms with Gasteiger partial charge in [0.2, 0.25) is 0 Å². The molecular formula is C8HCl3N2. The van der Waals surface area contributed by atoms with Crippen LogP contribution in [0.25, 0.3) is 0 Å². The molecule has 0 heterocycles. The fourth-order valence-corrected chi connectivity index (χ4v) is 1.73. The first-order chi connectivity index (χ1) is 6.11. The molecular weight excluding hydrogens is 230 g/mol. The minimum Gasteiger partial charge on any atom is -0.192 e. The highest BCUT2D eigenvalue weighted by Crippen LogP contribution is 2.32. The number of rotatable bonds is 0. The molecule has 0 spiro atoms. The van der Waals surface area contributed by atoms with Gasteiger partial charge < -0.3 is 0 Å². The molecule has 0 aliphatic heterocycles. The Morgan fingerprint density at radius 3 is 1.62 bits per heavy atom. The zero-order valence-electron chi connectivity index (χ0n) is 6.11. The second kappa shape index (κ2) is 3.85. The molecule has 1 rings (SSSR count). The van der Waals surface area contributed by atoms with Crippen LogP contribution < -0.4 is 0 Å². The standard InChI is InChI=1S/C8HCl3N2/c9-6-1-7(10)5(3-13)8(11)4(6)2-12/h1H. The molecule has 0 bridgehead atoms. The fourth-order valence-electron chi connectivity index (χ4n) is 0.795. The van der Waals surface area contributed by atoms with E-state index < -0.39 is 0 Å². The molecule has 0 unspecified atom stereocenters. The van der Waals surface area contributed by atoms with Gasteiger partial charge in [0, 0.05) is 0 Å². The van der Waals surface area contributed by atoms with Gasteiger partial charge in [0.1, 0.15) is 12.1 Å². The first-order valence-electron chi connectivity index (χ1n) is 3.09. The van der Waals surface area contributed by atoms with Crippen LogP contribution in [-0.2, 0) is 0 Å².